The molecule has 0 saturated heterocycles. The normalized spacial score (nSPS) is 18.7. The Kier molecular flexibility index (Phi) is 4.37. The van der Waals surface area contributed by atoms with Gasteiger partial charge in [0.05, 0.1) is 24.3 Å². The first-order valence-electron chi connectivity index (χ1n) is 8.25. The van der Waals surface area contributed by atoms with Crippen LogP contribution in [0, 0.1) is 0 Å². The molecule has 1 aromatic carbocycles. The largest absolute Gasteiger partial charge is 0.493 e. The van der Waals surface area contributed by atoms with Crippen molar-refractivity contribution < 1.29 is 14.3 Å². The fourth-order valence-corrected chi connectivity index (χ4v) is 5.49. The number of benzene rings is 1. The van der Waals surface area contributed by atoms with Gasteiger partial charge in [0.25, 0.3) is 5.91 Å². The second-order valence-electron chi connectivity index (χ2n) is 6.20. The summed E-state index contributed by atoms with van der Waals surface area (Å²) in [5.74, 6) is 1.27. The number of rotatable bonds is 3. The number of anilines is 1. The highest BCUT2D eigenvalue weighted by molar-refractivity contribution is 9.10. The van der Waals surface area contributed by atoms with Gasteiger partial charge in [-0.1, -0.05) is 0 Å². The van der Waals surface area contributed by atoms with Crippen LogP contribution in [0.5, 0.6) is 11.5 Å². The highest BCUT2D eigenvalue weighted by Crippen LogP contribution is 2.43. The van der Waals surface area contributed by atoms with Gasteiger partial charge in [0.1, 0.15) is 11.2 Å². The molecule has 0 unspecified atom stereocenters. The molecule has 1 aromatic heterocycles. The molecule has 2 heterocycles. The minimum absolute atomic E-state index is 0.00376. The first-order chi connectivity index (χ1) is 12.1. The average Bonchev–Trinajstić information content (AvgIpc) is 2.99. The SMILES string of the molecule is COc1cc([C@H]2NC(=O)c3c(sc4c3CCCC4)N2)cc(Br)c1OC. The number of nitrogens with one attached hydrogen (secondary N) is 2. The van der Waals surface area contributed by atoms with Gasteiger partial charge in [-0.3, -0.25) is 4.79 Å². The van der Waals surface area contributed by atoms with E-state index in [1.807, 2.05) is 12.1 Å². The number of methoxy groups -OCH3 is 2. The molecule has 4 rings (SSSR count). The molecule has 2 aliphatic rings. The summed E-state index contributed by atoms with van der Waals surface area (Å²) < 4.78 is 11.6. The second kappa shape index (κ2) is 6.53. The van der Waals surface area contributed by atoms with E-state index < -0.39 is 0 Å². The van der Waals surface area contributed by atoms with E-state index in [1.165, 1.54) is 16.9 Å². The summed E-state index contributed by atoms with van der Waals surface area (Å²) in [6.07, 6.45) is 4.16. The zero-order valence-corrected chi connectivity index (χ0v) is 16.5. The topological polar surface area (TPSA) is 59.6 Å². The number of carbonyl (C=O) groups excluding carboxylic acids is 1. The van der Waals surface area contributed by atoms with Gasteiger partial charge in [-0.15, -0.1) is 11.3 Å². The zero-order chi connectivity index (χ0) is 17.6. The Bertz CT molecular complexity index is 849. The van der Waals surface area contributed by atoms with Crippen molar-refractivity contribution in [2.75, 3.05) is 19.5 Å². The maximum Gasteiger partial charge on any atom is 0.256 e. The van der Waals surface area contributed by atoms with Gasteiger partial charge in [0.2, 0.25) is 0 Å². The van der Waals surface area contributed by atoms with Gasteiger partial charge in [0.15, 0.2) is 11.5 Å². The van der Waals surface area contributed by atoms with E-state index >= 15 is 0 Å². The predicted octanol–water partition coefficient (Wildman–Crippen LogP) is 4.26. The van der Waals surface area contributed by atoms with Crippen LogP contribution in [0.15, 0.2) is 16.6 Å². The highest BCUT2D eigenvalue weighted by Gasteiger charge is 2.32. The molecule has 0 spiro atoms. The second-order valence-corrected chi connectivity index (χ2v) is 8.16. The summed E-state index contributed by atoms with van der Waals surface area (Å²) in [5.41, 5.74) is 2.99. The molecule has 1 amide bonds. The van der Waals surface area contributed by atoms with Crippen LogP contribution in [-0.2, 0) is 12.8 Å². The molecule has 7 heteroatoms. The molecule has 5 nitrogen and oxygen atoms in total. The number of carbonyl (C=O) groups is 1. The lowest BCUT2D eigenvalue weighted by Gasteiger charge is -2.27. The lowest BCUT2D eigenvalue weighted by Crippen LogP contribution is -2.38. The minimum Gasteiger partial charge on any atom is -0.493 e. The van der Waals surface area contributed by atoms with Gasteiger partial charge in [0, 0.05) is 4.88 Å². The number of hydrogen-bond acceptors (Lipinski definition) is 5. The molecule has 132 valence electrons. The van der Waals surface area contributed by atoms with Gasteiger partial charge < -0.3 is 20.1 Å². The molecule has 2 N–H and O–H groups in total. The van der Waals surface area contributed by atoms with Crippen molar-refractivity contribution in [3.8, 4) is 11.5 Å². The fourth-order valence-electron chi connectivity index (χ4n) is 3.55. The highest BCUT2D eigenvalue weighted by atomic mass is 79.9. The zero-order valence-electron chi connectivity index (χ0n) is 14.1. The molecule has 0 radical (unpaired) electrons. The minimum atomic E-state index is -0.295. The van der Waals surface area contributed by atoms with E-state index in [0.29, 0.717) is 11.5 Å². The van der Waals surface area contributed by atoms with Crippen molar-refractivity contribution in [1.29, 1.82) is 0 Å². The maximum atomic E-state index is 12.8. The number of thiophene rings is 1. The molecular weight excluding hydrogens is 404 g/mol. The third-order valence-corrected chi connectivity index (χ3v) is 6.55. The van der Waals surface area contributed by atoms with E-state index in [4.69, 9.17) is 9.47 Å². The van der Waals surface area contributed by atoms with Gasteiger partial charge in [-0.2, -0.15) is 0 Å². The van der Waals surface area contributed by atoms with Crippen molar-refractivity contribution in [2.45, 2.75) is 31.8 Å². The smallest absolute Gasteiger partial charge is 0.256 e. The van der Waals surface area contributed by atoms with Crippen LogP contribution in [0.1, 0.15) is 45.4 Å². The van der Waals surface area contributed by atoms with Crippen LogP contribution < -0.4 is 20.1 Å². The van der Waals surface area contributed by atoms with E-state index in [9.17, 15) is 4.79 Å². The number of halogens is 1. The van der Waals surface area contributed by atoms with Crippen LogP contribution in [0.4, 0.5) is 5.00 Å². The predicted molar refractivity (Wildman–Crippen MR) is 102 cm³/mol. The monoisotopic (exact) mass is 422 g/mol. The summed E-state index contributed by atoms with van der Waals surface area (Å²) in [5, 5.41) is 7.55. The van der Waals surface area contributed by atoms with Crippen molar-refractivity contribution in [2.24, 2.45) is 0 Å². The number of amides is 1. The van der Waals surface area contributed by atoms with Crippen molar-refractivity contribution >= 4 is 38.2 Å². The maximum absolute atomic E-state index is 12.8. The molecule has 2 aromatic rings. The van der Waals surface area contributed by atoms with E-state index in [0.717, 1.165) is 39.9 Å². The summed E-state index contributed by atoms with van der Waals surface area (Å²) in [4.78, 5) is 14.1. The average molecular weight is 423 g/mol. The van der Waals surface area contributed by atoms with Crippen LogP contribution in [-0.4, -0.2) is 20.1 Å². The Morgan fingerprint density at radius 3 is 2.72 bits per heavy atom. The lowest BCUT2D eigenvalue weighted by atomic mass is 9.94. The van der Waals surface area contributed by atoms with E-state index in [2.05, 4.69) is 26.6 Å². The number of hydrogen-bond donors (Lipinski definition) is 2. The summed E-state index contributed by atoms with van der Waals surface area (Å²) in [6.45, 7) is 0. The molecule has 0 bridgehead atoms. The Morgan fingerprint density at radius 1 is 1.16 bits per heavy atom. The van der Waals surface area contributed by atoms with Crippen LogP contribution >= 0.6 is 27.3 Å². The first kappa shape index (κ1) is 16.7. The third-order valence-electron chi connectivity index (χ3n) is 4.74. The van der Waals surface area contributed by atoms with Crippen LogP contribution in [0.25, 0.3) is 0 Å². The number of ether oxygens (including phenoxy) is 2. The Balaban J connectivity index is 1.71. The van der Waals surface area contributed by atoms with Gasteiger partial charge >= 0.3 is 0 Å². The molecule has 1 atom stereocenters. The molecule has 1 aliphatic heterocycles. The van der Waals surface area contributed by atoms with E-state index in [1.54, 1.807) is 25.6 Å². The standard InChI is InChI=1S/C18H19BrN2O3S/c1-23-12-8-9(7-11(19)15(12)24-2)16-20-17(22)14-10-5-3-4-6-13(10)25-18(14)21-16/h7-8,16,21H,3-6H2,1-2H3,(H,20,22)/t16-/m0/s1. The molecule has 1 aliphatic carbocycles. The quantitative estimate of drug-likeness (QED) is 0.775. The number of aryl methyl sites for hydroxylation is 1. The Morgan fingerprint density at radius 2 is 1.96 bits per heavy atom. The van der Waals surface area contributed by atoms with Crippen LogP contribution in [0.2, 0.25) is 0 Å². The summed E-state index contributed by atoms with van der Waals surface area (Å²) >= 11 is 5.24. The Labute approximate surface area is 158 Å². The Hall–Kier alpha value is -1.73. The molecular formula is C18H19BrN2O3S. The number of fused-ring (bicyclic) bond motifs is 3. The molecule has 0 fully saturated rings. The van der Waals surface area contributed by atoms with Gasteiger partial charge in [-0.05, 0) is 64.9 Å². The lowest BCUT2D eigenvalue weighted by molar-refractivity contribution is 0.0935. The summed E-state index contributed by atoms with van der Waals surface area (Å²) in [6, 6.07) is 3.83. The molecule has 0 saturated carbocycles. The third kappa shape index (κ3) is 2.79. The van der Waals surface area contributed by atoms with Crippen molar-refractivity contribution in [3.05, 3.63) is 38.2 Å². The summed E-state index contributed by atoms with van der Waals surface area (Å²) in [7, 11) is 3.21. The fraction of sp³-hybridized carbons (Fsp3) is 0.389. The van der Waals surface area contributed by atoms with Crippen molar-refractivity contribution in [3.63, 3.8) is 0 Å². The van der Waals surface area contributed by atoms with Crippen molar-refractivity contribution in [1.82, 2.24) is 5.32 Å². The first-order valence-corrected chi connectivity index (χ1v) is 9.86. The van der Waals surface area contributed by atoms with Crippen LogP contribution in [0.3, 0.4) is 0 Å². The van der Waals surface area contributed by atoms with Gasteiger partial charge in [-0.25, -0.2) is 0 Å². The molecule has 25 heavy (non-hydrogen) atoms. The van der Waals surface area contributed by atoms with E-state index in [-0.39, 0.29) is 12.1 Å².